The maximum absolute atomic E-state index is 13.8. The predicted octanol–water partition coefficient (Wildman–Crippen LogP) is 5.75. The molecule has 12 heteroatoms. The monoisotopic (exact) mass is 633 g/mol. The quantitative estimate of drug-likeness (QED) is 0.315. The summed E-state index contributed by atoms with van der Waals surface area (Å²) in [6.07, 6.45) is 1.08. The molecule has 0 aliphatic heterocycles. The molecule has 9 nitrogen and oxygen atoms in total. The number of carboxylic acids is 1. The Morgan fingerprint density at radius 2 is 1.71 bits per heavy atom. The summed E-state index contributed by atoms with van der Waals surface area (Å²) < 4.78 is 51.4. The molecular weight excluding hydrogens is 591 g/mol. The van der Waals surface area contributed by atoms with Gasteiger partial charge in [0, 0.05) is 24.6 Å². The van der Waals surface area contributed by atoms with E-state index in [1.807, 2.05) is 0 Å². The second-order valence-electron chi connectivity index (χ2n) is 13.7. The van der Waals surface area contributed by atoms with Crippen molar-refractivity contribution >= 4 is 17.8 Å². The molecule has 1 aromatic rings. The van der Waals surface area contributed by atoms with Crippen molar-refractivity contribution in [2.75, 3.05) is 7.11 Å². The van der Waals surface area contributed by atoms with Crippen LogP contribution in [0.2, 0.25) is 0 Å². The van der Waals surface area contributed by atoms with Crippen molar-refractivity contribution in [1.29, 1.82) is 5.26 Å². The molecule has 0 heterocycles. The third kappa shape index (κ3) is 7.17. The van der Waals surface area contributed by atoms with Gasteiger partial charge in [-0.2, -0.15) is 18.4 Å². The van der Waals surface area contributed by atoms with Gasteiger partial charge in [-0.1, -0.05) is 12.8 Å². The Hall–Kier alpha value is -3.49. The van der Waals surface area contributed by atoms with Gasteiger partial charge in [0.15, 0.2) is 0 Å². The first-order valence-corrected chi connectivity index (χ1v) is 16.0. The van der Waals surface area contributed by atoms with Gasteiger partial charge >= 0.3 is 12.1 Å². The highest BCUT2D eigenvalue weighted by Gasteiger charge is 2.52. The van der Waals surface area contributed by atoms with E-state index >= 15 is 0 Å². The van der Waals surface area contributed by atoms with Crippen LogP contribution >= 0.6 is 0 Å². The lowest BCUT2D eigenvalue weighted by Crippen LogP contribution is -2.53. The first-order valence-electron chi connectivity index (χ1n) is 16.0. The van der Waals surface area contributed by atoms with E-state index in [1.165, 1.54) is 19.2 Å². The lowest BCUT2D eigenvalue weighted by atomic mass is 9.75. The van der Waals surface area contributed by atoms with Crippen LogP contribution in [0.15, 0.2) is 12.1 Å². The van der Waals surface area contributed by atoms with Crippen LogP contribution in [0.4, 0.5) is 13.2 Å². The summed E-state index contributed by atoms with van der Waals surface area (Å²) in [6, 6.07) is 3.94. The van der Waals surface area contributed by atoms with E-state index in [9.17, 15) is 37.9 Å². The fraction of sp³-hybridized carbons (Fsp3) is 0.697. The number of halogens is 3. The Bertz CT molecular complexity index is 1340. The minimum atomic E-state index is -4.30. The summed E-state index contributed by atoms with van der Waals surface area (Å²) in [4.78, 5) is 39.1. The summed E-state index contributed by atoms with van der Waals surface area (Å²) >= 11 is 0. The van der Waals surface area contributed by atoms with E-state index in [2.05, 4.69) is 16.7 Å². The molecule has 0 saturated heterocycles. The molecule has 246 valence electrons. The number of hydrogen-bond acceptors (Lipinski definition) is 6. The standard InChI is InChI=1S/C33H42F3N3O6/c1-32(31(42)43)11-9-22(10-12-32)45-25-15-23(26(44-2)14-21(25)17-37)29(40)39-28-19-8-7-18(13-19)27(28)30(41)38-24-6-4-3-5-20(24)16-33(34,35)36/h14-15,18-20,22,24,27-28H,3-13,16H2,1-2H3,(H,38,41)(H,39,40)(H,42,43). The molecule has 45 heavy (non-hydrogen) atoms. The van der Waals surface area contributed by atoms with Crippen molar-refractivity contribution in [3.8, 4) is 17.6 Å². The van der Waals surface area contributed by atoms with E-state index in [0.29, 0.717) is 44.9 Å². The van der Waals surface area contributed by atoms with Crippen LogP contribution < -0.4 is 20.1 Å². The molecule has 1 aromatic carbocycles. The van der Waals surface area contributed by atoms with Gasteiger partial charge in [-0.15, -0.1) is 0 Å². The fourth-order valence-electron chi connectivity index (χ4n) is 8.15. The lowest BCUT2D eigenvalue weighted by molar-refractivity contribution is -0.151. The van der Waals surface area contributed by atoms with Crippen LogP contribution in [0, 0.1) is 40.4 Å². The number of rotatable bonds is 9. The SMILES string of the molecule is COc1cc(C#N)c(OC2CCC(C)(C(=O)O)CC2)cc1C(=O)NC1C2CCC(C2)C1C(=O)NC1CCCCC1CC(F)(F)F. The average Bonchev–Trinajstić information content (AvgIpc) is 3.60. The first kappa shape index (κ1) is 32.9. The highest BCUT2D eigenvalue weighted by atomic mass is 19.4. The van der Waals surface area contributed by atoms with E-state index in [1.54, 1.807) is 6.92 Å². The molecule has 3 N–H and O–H groups in total. The number of carbonyl (C=O) groups is 3. The first-order chi connectivity index (χ1) is 21.3. The summed E-state index contributed by atoms with van der Waals surface area (Å²) in [5.41, 5.74) is -0.520. The highest BCUT2D eigenvalue weighted by molar-refractivity contribution is 5.98. The number of nitrogens with zero attached hydrogens (tertiary/aromatic N) is 1. The summed E-state index contributed by atoms with van der Waals surface area (Å²) in [5.74, 6) is -2.38. The molecule has 0 aromatic heterocycles. The molecule has 4 aliphatic rings. The molecule has 2 amide bonds. The van der Waals surface area contributed by atoms with Crippen LogP contribution in [-0.2, 0) is 9.59 Å². The zero-order valence-corrected chi connectivity index (χ0v) is 25.8. The molecule has 6 atom stereocenters. The summed E-state index contributed by atoms with van der Waals surface area (Å²) in [6.45, 7) is 1.71. The molecule has 0 radical (unpaired) electrons. The van der Waals surface area contributed by atoms with E-state index in [-0.39, 0.29) is 46.5 Å². The van der Waals surface area contributed by atoms with Crippen molar-refractivity contribution in [3.63, 3.8) is 0 Å². The van der Waals surface area contributed by atoms with Crippen molar-refractivity contribution in [2.24, 2.45) is 29.1 Å². The molecular formula is C33H42F3N3O6. The number of nitrogens with one attached hydrogen (secondary N) is 2. The average molecular weight is 634 g/mol. The number of aliphatic carboxylic acids is 1. The zero-order valence-electron chi connectivity index (χ0n) is 25.8. The lowest BCUT2D eigenvalue weighted by Gasteiger charge is -2.36. The second kappa shape index (κ2) is 13.1. The van der Waals surface area contributed by atoms with Gasteiger partial charge in [-0.25, -0.2) is 0 Å². The Morgan fingerprint density at radius 3 is 2.36 bits per heavy atom. The van der Waals surface area contributed by atoms with Gasteiger partial charge in [0.2, 0.25) is 5.91 Å². The number of carboxylic acid groups (broad SMARTS) is 1. The van der Waals surface area contributed by atoms with Crippen molar-refractivity contribution in [1.82, 2.24) is 10.6 Å². The van der Waals surface area contributed by atoms with Crippen LogP contribution in [0.3, 0.4) is 0 Å². The van der Waals surface area contributed by atoms with Gasteiger partial charge in [0.25, 0.3) is 5.91 Å². The van der Waals surface area contributed by atoms with Gasteiger partial charge in [0.05, 0.1) is 35.7 Å². The van der Waals surface area contributed by atoms with Crippen molar-refractivity contribution in [3.05, 3.63) is 23.3 Å². The van der Waals surface area contributed by atoms with Gasteiger partial charge in [0.1, 0.15) is 17.6 Å². The number of carbonyl (C=O) groups excluding carboxylic acids is 2. The fourth-order valence-corrected chi connectivity index (χ4v) is 8.15. The van der Waals surface area contributed by atoms with Crippen molar-refractivity contribution in [2.45, 2.75) is 108 Å². The van der Waals surface area contributed by atoms with Crippen LogP contribution in [0.1, 0.15) is 99.9 Å². The topological polar surface area (TPSA) is 138 Å². The Labute approximate surface area is 261 Å². The molecule has 5 rings (SSSR count). The van der Waals surface area contributed by atoms with E-state index in [0.717, 1.165) is 25.7 Å². The maximum atomic E-state index is 13.8. The van der Waals surface area contributed by atoms with Crippen LogP contribution in [0.5, 0.6) is 11.5 Å². The van der Waals surface area contributed by atoms with Gasteiger partial charge in [-0.3, -0.25) is 14.4 Å². The summed E-state index contributed by atoms with van der Waals surface area (Å²) in [7, 11) is 1.39. The number of ether oxygens (including phenoxy) is 2. The molecule has 4 saturated carbocycles. The van der Waals surface area contributed by atoms with Crippen LogP contribution in [-0.4, -0.2) is 54.4 Å². The molecule has 4 fully saturated rings. The third-order valence-electron chi connectivity index (χ3n) is 10.8. The number of methoxy groups -OCH3 is 1. The largest absolute Gasteiger partial charge is 0.496 e. The van der Waals surface area contributed by atoms with Gasteiger partial charge in [-0.05, 0) is 88.5 Å². The number of benzene rings is 1. The third-order valence-corrected chi connectivity index (χ3v) is 10.8. The van der Waals surface area contributed by atoms with Crippen LogP contribution in [0.25, 0.3) is 0 Å². The summed E-state index contributed by atoms with van der Waals surface area (Å²) in [5, 5.41) is 25.3. The molecule has 6 unspecified atom stereocenters. The van der Waals surface area contributed by atoms with E-state index < -0.39 is 53.8 Å². The number of amides is 2. The number of nitriles is 1. The Balaban J connectivity index is 1.31. The van der Waals surface area contributed by atoms with E-state index in [4.69, 9.17) is 9.47 Å². The van der Waals surface area contributed by atoms with Gasteiger partial charge < -0.3 is 25.2 Å². The molecule has 0 spiro atoms. The number of hydrogen-bond donors (Lipinski definition) is 3. The number of fused-ring (bicyclic) bond motifs is 2. The number of alkyl halides is 3. The molecule has 4 aliphatic carbocycles. The smallest absolute Gasteiger partial charge is 0.389 e. The Morgan fingerprint density at radius 1 is 1.02 bits per heavy atom. The minimum absolute atomic E-state index is 0.0366. The predicted molar refractivity (Wildman–Crippen MR) is 156 cm³/mol. The minimum Gasteiger partial charge on any atom is -0.496 e. The maximum Gasteiger partial charge on any atom is 0.389 e. The molecule has 2 bridgehead atoms. The second-order valence-corrected chi connectivity index (χ2v) is 13.7. The Kier molecular flexibility index (Phi) is 9.57. The normalized spacial score (nSPS) is 32.8. The zero-order chi connectivity index (χ0) is 32.5. The highest BCUT2D eigenvalue weighted by Crippen LogP contribution is 2.49. The van der Waals surface area contributed by atoms with Crippen molar-refractivity contribution < 1.29 is 42.1 Å².